The molecule has 0 radical (unpaired) electrons. The smallest absolute Gasteiger partial charge is 0.462 e. The first-order chi connectivity index (χ1) is 10.7. The van der Waals surface area contributed by atoms with Gasteiger partial charge in [-0.05, 0) is 0 Å². The van der Waals surface area contributed by atoms with E-state index in [9.17, 15) is 14.2 Å². The van der Waals surface area contributed by atoms with E-state index >= 15 is 0 Å². The predicted octanol–water partition coefficient (Wildman–Crippen LogP) is -0.716. The molecule has 0 spiro atoms. The summed E-state index contributed by atoms with van der Waals surface area (Å²) in [5.41, 5.74) is 0. The van der Waals surface area contributed by atoms with Crippen molar-refractivity contribution in [3.8, 4) is 0 Å². The monoisotopic (exact) mass is 356 g/mol. The average Bonchev–Trinajstić information content (AvgIpc) is 2.51. The summed E-state index contributed by atoms with van der Waals surface area (Å²) >= 11 is 0. The quantitative estimate of drug-likeness (QED) is 0.170. The van der Waals surface area contributed by atoms with Crippen LogP contribution in [0.1, 0.15) is 6.42 Å². The Morgan fingerprint density at radius 3 is 1.83 bits per heavy atom. The van der Waals surface area contributed by atoms with Gasteiger partial charge >= 0.3 is 19.8 Å². The lowest BCUT2D eigenvalue weighted by Crippen LogP contribution is -2.18. The Morgan fingerprint density at radius 1 is 1.09 bits per heavy atom. The maximum absolute atomic E-state index is 10.5. The molecule has 10 nitrogen and oxygen atoms in total. The average molecular weight is 356 g/mol. The highest BCUT2D eigenvalue weighted by Crippen LogP contribution is 2.35. The molecular formula is C12H21O10P. The topological polar surface area (TPSA) is 160 Å². The molecule has 0 aliphatic heterocycles. The summed E-state index contributed by atoms with van der Waals surface area (Å²) < 4.78 is 23.0. The van der Waals surface area contributed by atoms with Gasteiger partial charge in [0.25, 0.3) is 0 Å². The van der Waals surface area contributed by atoms with Gasteiger partial charge in [0.2, 0.25) is 0 Å². The Labute approximate surface area is 133 Å². The predicted molar refractivity (Wildman–Crippen MR) is 78.0 cm³/mol. The molecule has 23 heavy (non-hydrogen) atoms. The molecule has 0 aromatic carbocycles. The van der Waals surface area contributed by atoms with Crippen molar-refractivity contribution in [3.63, 3.8) is 0 Å². The van der Waals surface area contributed by atoms with Crippen molar-refractivity contribution >= 4 is 19.8 Å². The molecule has 0 amide bonds. The highest BCUT2D eigenvalue weighted by molar-refractivity contribution is 7.46. The van der Waals surface area contributed by atoms with Gasteiger partial charge in [-0.15, -0.1) is 0 Å². The first-order valence-corrected chi connectivity index (χ1v) is 7.76. The highest BCUT2D eigenvalue weighted by atomic mass is 31.2. The Morgan fingerprint density at radius 2 is 1.52 bits per heavy atom. The normalized spacial score (nSPS) is 11.5. The van der Waals surface area contributed by atoms with E-state index in [-0.39, 0.29) is 13.2 Å². The van der Waals surface area contributed by atoms with Crippen LogP contribution in [0.5, 0.6) is 0 Å². The Hall–Kier alpha value is -1.55. The number of esters is 2. The zero-order valence-electron chi connectivity index (χ0n) is 12.4. The van der Waals surface area contributed by atoms with E-state index in [1.54, 1.807) is 0 Å². The molecule has 4 N–H and O–H groups in total. The molecule has 1 atom stereocenters. The summed E-state index contributed by atoms with van der Waals surface area (Å²) in [6, 6.07) is 0. The largest absolute Gasteiger partial charge is 0.469 e. The summed E-state index contributed by atoms with van der Waals surface area (Å²) in [4.78, 5) is 37.1. The molecule has 0 rings (SSSR count). The lowest BCUT2D eigenvalue weighted by atomic mass is 10.4. The zero-order valence-corrected chi connectivity index (χ0v) is 13.3. The number of phosphoric acid groups is 1. The van der Waals surface area contributed by atoms with Gasteiger partial charge in [-0.25, -0.2) is 14.2 Å². The SMILES string of the molecule is C=CC(=O)OCCCOC(=O)C=C.O=P(O)(O)OCC(O)CO. The van der Waals surface area contributed by atoms with Crippen LogP contribution in [0.15, 0.2) is 25.3 Å². The van der Waals surface area contributed by atoms with Crippen molar-refractivity contribution < 1.29 is 48.2 Å². The first kappa shape index (κ1) is 23.7. The second-order valence-electron chi connectivity index (χ2n) is 3.72. The third kappa shape index (κ3) is 20.4. The number of hydrogen-bond donors (Lipinski definition) is 4. The number of ether oxygens (including phenoxy) is 2. The fourth-order valence-electron chi connectivity index (χ4n) is 0.758. The lowest BCUT2D eigenvalue weighted by molar-refractivity contribution is -0.140. The Bertz CT molecular complexity index is 394. The Kier molecular flexibility index (Phi) is 14.5. The maximum Gasteiger partial charge on any atom is 0.469 e. The van der Waals surface area contributed by atoms with Gasteiger partial charge in [-0.3, -0.25) is 4.52 Å². The van der Waals surface area contributed by atoms with E-state index in [2.05, 4.69) is 27.2 Å². The molecule has 0 bridgehead atoms. The van der Waals surface area contributed by atoms with Gasteiger partial charge in [0.1, 0.15) is 6.10 Å². The minimum atomic E-state index is -4.50. The van der Waals surface area contributed by atoms with E-state index in [4.69, 9.17) is 20.0 Å². The zero-order chi connectivity index (χ0) is 18.3. The van der Waals surface area contributed by atoms with Crippen molar-refractivity contribution in [2.75, 3.05) is 26.4 Å². The van der Waals surface area contributed by atoms with Crippen molar-refractivity contribution in [2.24, 2.45) is 0 Å². The first-order valence-electron chi connectivity index (χ1n) is 6.23. The minimum Gasteiger partial charge on any atom is -0.462 e. The van der Waals surface area contributed by atoms with Crippen LogP contribution in [0.3, 0.4) is 0 Å². The summed E-state index contributed by atoms with van der Waals surface area (Å²) in [7, 11) is -4.50. The summed E-state index contributed by atoms with van der Waals surface area (Å²) in [6.45, 7) is 5.74. The van der Waals surface area contributed by atoms with Crippen LogP contribution < -0.4 is 0 Å². The van der Waals surface area contributed by atoms with Crippen LogP contribution >= 0.6 is 7.82 Å². The number of hydrogen-bond acceptors (Lipinski definition) is 8. The Balaban J connectivity index is 0. The summed E-state index contributed by atoms with van der Waals surface area (Å²) in [5.74, 6) is -0.954. The number of rotatable bonds is 10. The fraction of sp³-hybridized carbons (Fsp3) is 0.500. The number of carbonyl (C=O) groups is 2. The van der Waals surface area contributed by atoms with Crippen LogP contribution in [0.25, 0.3) is 0 Å². The molecule has 0 aliphatic carbocycles. The van der Waals surface area contributed by atoms with Crippen LogP contribution in [-0.4, -0.2) is 64.5 Å². The van der Waals surface area contributed by atoms with E-state index < -0.39 is 39.1 Å². The molecule has 0 fully saturated rings. The fourth-order valence-corrected chi connectivity index (χ4v) is 1.12. The molecule has 0 aromatic rings. The van der Waals surface area contributed by atoms with Crippen molar-refractivity contribution in [3.05, 3.63) is 25.3 Å². The van der Waals surface area contributed by atoms with Gasteiger partial charge in [-0.2, -0.15) is 0 Å². The maximum atomic E-state index is 10.5. The molecule has 0 aliphatic rings. The molecule has 134 valence electrons. The molecule has 0 saturated heterocycles. The van der Waals surface area contributed by atoms with Crippen molar-refractivity contribution in [1.29, 1.82) is 0 Å². The number of phosphoric ester groups is 1. The van der Waals surface area contributed by atoms with Crippen LogP contribution in [-0.2, 0) is 28.2 Å². The van der Waals surface area contributed by atoms with Crippen LogP contribution in [0.4, 0.5) is 0 Å². The van der Waals surface area contributed by atoms with Crippen LogP contribution in [0.2, 0.25) is 0 Å². The van der Waals surface area contributed by atoms with E-state index in [0.717, 1.165) is 12.2 Å². The number of carbonyl (C=O) groups excluding carboxylic acids is 2. The van der Waals surface area contributed by atoms with E-state index in [0.29, 0.717) is 6.42 Å². The van der Waals surface area contributed by atoms with Gasteiger partial charge in [0, 0.05) is 18.6 Å². The molecule has 0 saturated carbocycles. The summed E-state index contributed by atoms with van der Waals surface area (Å²) in [5, 5.41) is 16.7. The van der Waals surface area contributed by atoms with Crippen LogP contribution in [0, 0.1) is 0 Å². The molecule has 0 heterocycles. The highest BCUT2D eigenvalue weighted by Gasteiger charge is 2.15. The van der Waals surface area contributed by atoms with E-state index in [1.807, 2.05) is 0 Å². The molecule has 1 unspecified atom stereocenters. The van der Waals surface area contributed by atoms with Gasteiger partial charge in [-0.1, -0.05) is 13.2 Å². The van der Waals surface area contributed by atoms with Gasteiger partial charge in [0.05, 0.1) is 26.4 Å². The third-order valence-corrected chi connectivity index (χ3v) is 2.24. The molecule has 0 aromatic heterocycles. The van der Waals surface area contributed by atoms with Gasteiger partial charge in [0.15, 0.2) is 0 Å². The second kappa shape index (κ2) is 14.1. The standard InChI is InChI=1S/C9H12O4.C3H9O6P/c1-3-8(10)12-6-5-7-13-9(11)4-2;4-1-3(5)2-9-10(6,7)8/h3-4H,1-2,5-7H2;3-5H,1-2H2,(H2,6,7,8). The van der Waals surface area contributed by atoms with Crippen molar-refractivity contribution in [2.45, 2.75) is 12.5 Å². The third-order valence-electron chi connectivity index (χ3n) is 1.76. The number of aliphatic hydroxyl groups excluding tert-OH is 2. The lowest BCUT2D eigenvalue weighted by Gasteiger charge is -2.07. The molecule has 11 heteroatoms. The van der Waals surface area contributed by atoms with E-state index in [1.165, 1.54) is 0 Å². The molecular weight excluding hydrogens is 335 g/mol. The van der Waals surface area contributed by atoms with Gasteiger partial charge < -0.3 is 29.5 Å². The summed E-state index contributed by atoms with van der Waals surface area (Å²) in [6.07, 6.45) is 1.39. The second-order valence-corrected chi connectivity index (χ2v) is 4.96. The minimum absolute atomic E-state index is 0.218. The number of aliphatic hydroxyl groups is 2. The van der Waals surface area contributed by atoms with Crippen molar-refractivity contribution in [1.82, 2.24) is 0 Å².